The van der Waals surface area contributed by atoms with Gasteiger partial charge in [-0.25, -0.2) is 4.79 Å². The summed E-state index contributed by atoms with van der Waals surface area (Å²) in [5.41, 5.74) is 0.669. The van der Waals surface area contributed by atoms with Crippen LogP contribution in [0.1, 0.15) is 48.5 Å². The second-order valence-corrected chi connectivity index (χ2v) is 6.57. The van der Waals surface area contributed by atoms with Gasteiger partial charge in [-0.15, -0.1) is 0 Å². The van der Waals surface area contributed by atoms with Gasteiger partial charge in [0, 0.05) is 6.42 Å². The van der Waals surface area contributed by atoms with Crippen LogP contribution >= 0.6 is 0 Å². The highest BCUT2D eigenvalue weighted by Crippen LogP contribution is 2.30. The highest BCUT2D eigenvalue weighted by Gasteiger charge is 2.37. The minimum absolute atomic E-state index is 0.0514. The number of carbonyl (C=O) groups is 4. The predicted octanol–water partition coefficient (Wildman–Crippen LogP) is 0.537. The van der Waals surface area contributed by atoms with E-state index in [-0.39, 0.29) is 36.5 Å². The van der Waals surface area contributed by atoms with Crippen molar-refractivity contribution in [2.24, 2.45) is 0 Å². The van der Waals surface area contributed by atoms with E-state index >= 15 is 0 Å². The number of para-hydroxylation sites is 1. The quantitative estimate of drug-likeness (QED) is 0.332. The molecule has 10 nitrogen and oxygen atoms in total. The van der Waals surface area contributed by atoms with Crippen molar-refractivity contribution in [2.75, 3.05) is 13.9 Å². The number of amides is 1. The zero-order valence-corrected chi connectivity index (χ0v) is 16.8. The third-order valence-electron chi connectivity index (χ3n) is 4.33. The molecule has 1 atom stereocenters. The topological polar surface area (TPSA) is 137 Å². The van der Waals surface area contributed by atoms with E-state index < -0.39 is 37.8 Å². The van der Waals surface area contributed by atoms with Gasteiger partial charge in [0.1, 0.15) is 11.3 Å². The van der Waals surface area contributed by atoms with Crippen LogP contribution in [0.4, 0.5) is 0 Å². The summed E-state index contributed by atoms with van der Waals surface area (Å²) in [7, 11) is -0.125. The molecule has 0 aliphatic carbocycles. The molecule has 30 heavy (non-hydrogen) atoms. The van der Waals surface area contributed by atoms with Gasteiger partial charge in [-0.1, -0.05) is 19.1 Å². The van der Waals surface area contributed by atoms with E-state index in [4.69, 9.17) is 14.1 Å². The van der Waals surface area contributed by atoms with Gasteiger partial charge in [0.05, 0.1) is 25.9 Å². The van der Waals surface area contributed by atoms with Gasteiger partial charge in [-0.3, -0.25) is 14.4 Å². The number of benzene rings is 1. The van der Waals surface area contributed by atoms with Crippen molar-refractivity contribution in [3.8, 4) is 5.75 Å². The third-order valence-corrected chi connectivity index (χ3v) is 4.33. The van der Waals surface area contributed by atoms with Crippen molar-refractivity contribution in [3.63, 3.8) is 0 Å². The van der Waals surface area contributed by atoms with Crippen LogP contribution in [0.15, 0.2) is 18.2 Å². The van der Waals surface area contributed by atoms with Gasteiger partial charge >= 0.3 is 25.0 Å². The summed E-state index contributed by atoms with van der Waals surface area (Å²) in [5, 5.41) is 12.9. The normalized spacial score (nSPS) is 14.8. The molecule has 11 heteroatoms. The number of rotatable bonds is 9. The van der Waals surface area contributed by atoms with Crippen LogP contribution in [0.25, 0.3) is 0 Å². The Hall–Kier alpha value is -3.08. The molecule has 2 N–H and O–H groups in total. The molecule has 1 amide bonds. The number of hydrogen-bond acceptors (Lipinski definition) is 9. The summed E-state index contributed by atoms with van der Waals surface area (Å²) in [6.07, 6.45) is 0.939. The van der Waals surface area contributed by atoms with E-state index in [9.17, 15) is 24.2 Å². The summed E-state index contributed by atoms with van der Waals surface area (Å²) >= 11 is 0. The molecule has 0 radical (unpaired) electrons. The van der Waals surface area contributed by atoms with E-state index in [1.165, 1.54) is 13.2 Å². The number of nitrogens with one attached hydrogen (secondary N) is 1. The maximum absolute atomic E-state index is 12.3. The predicted molar refractivity (Wildman–Crippen MR) is 103 cm³/mol. The summed E-state index contributed by atoms with van der Waals surface area (Å²) in [5.74, 6) is -2.78. The van der Waals surface area contributed by atoms with Crippen LogP contribution < -0.4 is 9.97 Å². The lowest BCUT2D eigenvalue weighted by molar-refractivity contribution is -0.155. The fourth-order valence-corrected chi connectivity index (χ4v) is 2.82. The highest BCUT2D eigenvalue weighted by molar-refractivity contribution is 6.47. The van der Waals surface area contributed by atoms with E-state index in [1.807, 2.05) is 6.92 Å². The van der Waals surface area contributed by atoms with Crippen molar-refractivity contribution in [3.05, 3.63) is 29.3 Å². The fraction of sp³-hybridized carbons (Fsp3) is 0.474. The van der Waals surface area contributed by atoms with Crippen LogP contribution in [-0.2, 0) is 35.0 Å². The van der Waals surface area contributed by atoms with E-state index in [0.717, 1.165) is 0 Å². The molecule has 1 heterocycles. The molecule has 1 aliphatic heterocycles. The van der Waals surface area contributed by atoms with Crippen LogP contribution in [0.2, 0.25) is 0 Å². The monoisotopic (exact) mass is 421 g/mol. The Labute approximate surface area is 174 Å². The number of fused-ring (bicyclic) bond motifs is 1. The first-order chi connectivity index (χ1) is 14.3. The Balaban J connectivity index is 1.94. The van der Waals surface area contributed by atoms with Crippen LogP contribution in [0.3, 0.4) is 0 Å². The molecule has 162 valence electrons. The molecule has 0 bridgehead atoms. The van der Waals surface area contributed by atoms with Gasteiger partial charge in [0.2, 0.25) is 12.7 Å². The van der Waals surface area contributed by atoms with Crippen LogP contribution in [0.5, 0.6) is 5.75 Å². The van der Waals surface area contributed by atoms with E-state index in [1.54, 1.807) is 12.1 Å². The number of methoxy groups -OCH3 is 1. The zero-order chi connectivity index (χ0) is 22.1. The summed E-state index contributed by atoms with van der Waals surface area (Å²) in [6, 6.07) is 4.77. The Morgan fingerprint density at radius 3 is 2.60 bits per heavy atom. The SMILES string of the molecule is CCCC(=O)N[C@H]1Cc2cccc(C(=O)OCOC(=O)CCC(=O)OC)c2OB1O. The smallest absolute Gasteiger partial charge is 0.534 e. The molecule has 0 saturated heterocycles. The lowest BCUT2D eigenvalue weighted by Gasteiger charge is -2.29. The summed E-state index contributed by atoms with van der Waals surface area (Å²) < 4.78 is 19.6. The minimum atomic E-state index is -1.33. The molecule has 0 saturated carbocycles. The Morgan fingerprint density at radius 1 is 1.17 bits per heavy atom. The van der Waals surface area contributed by atoms with Crippen molar-refractivity contribution in [1.82, 2.24) is 5.32 Å². The zero-order valence-electron chi connectivity index (χ0n) is 16.8. The Bertz CT molecular complexity index is 798. The second kappa shape index (κ2) is 11.2. The Kier molecular flexibility index (Phi) is 8.66. The first-order valence-corrected chi connectivity index (χ1v) is 9.51. The van der Waals surface area contributed by atoms with Crippen molar-refractivity contribution >= 4 is 30.9 Å². The molecule has 1 aliphatic rings. The fourth-order valence-electron chi connectivity index (χ4n) is 2.82. The number of esters is 3. The van der Waals surface area contributed by atoms with Crippen molar-refractivity contribution in [2.45, 2.75) is 45.0 Å². The maximum atomic E-state index is 12.3. The van der Waals surface area contributed by atoms with Crippen LogP contribution in [0, 0.1) is 0 Å². The molecule has 2 rings (SSSR count). The highest BCUT2D eigenvalue weighted by atomic mass is 16.7. The lowest BCUT2D eigenvalue weighted by atomic mass is 9.72. The number of hydrogen-bond donors (Lipinski definition) is 2. The van der Waals surface area contributed by atoms with Gasteiger partial charge in [-0.05, 0) is 24.5 Å². The van der Waals surface area contributed by atoms with Gasteiger partial charge in [0.15, 0.2) is 0 Å². The molecular weight excluding hydrogens is 397 g/mol. The summed E-state index contributed by atoms with van der Waals surface area (Å²) in [6.45, 7) is 1.23. The molecule has 0 aromatic heterocycles. The van der Waals surface area contributed by atoms with Crippen molar-refractivity contribution < 1.29 is 43.1 Å². The molecule has 0 unspecified atom stereocenters. The molecular formula is C19H24BNO9. The van der Waals surface area contributed by atoms with Gasteiger partial charge in [0.25, 0.3) is 0 Å². The van der Waals surface area contributed by atoms with E-state index in [2.05, 4.69) is 10.1 Å². The molecule has 1 aromatic rings. The maximum Gasteiger partial charge on any atom is 0.547 e. The van der Waals surface area contributed by atoms with E-state index in [0.29, 0.717) is 18.4 Å². The lowest BCUT2D eigenvalue weighted by Crippen LogP contribution is -2.53. The summed E-state index contributed by atoms with van der Waals surface area (Å²) in [4.78, 5) is 46.6. The number of carbonyl (C=O) groups excluding carboxylic acids is 4. The largest absolute Gasteiger partial charge is 0.547 e. The number of ether oxygens (including phenoxy) is 3. The molecule has 1 aromatic carbocycles. The first kappa shape index (κ1) is 23.2. The van der Waals surface area contributed by atoms with Crippen LogP contribution in [-0.4, -0.2) is 55.8 Å². The molecule has 0 fully saturated rings. The van der Waals surface area contributed by atoms with Gasteiger partial charge in [-0.2, -0.15) is 0 Å². The average molecular weight is 421 g/mol. The van der Waals surface area contributed by atoms with Gasteiger partial charge < -0.3 is 29.2 Å². The average Bonchev–Trinajstić information content (AvgIpc) is 2.72. The Morgan fingerprint density at radius 2 is 1.90 bits per heavy atom. The molecule has 0 spiro atoms. The van der Waals surface area contributed by atoms with Crippen molar-refractivity contribution in [1.29, 1.82) is 0 Å². The minimum Gasteiger partial charge on any atom is -0.534 e. The first-order valence-electron chi connectivity index (χ1n) is 9.51. The standard InChI is InChI=1S/C19H24BNO9/c1-3-5-15(22)21-14-10-12-6-4-7-13(18(12)30-20(14)26)19(25)29-11-28-17(24)9-8-16(23)27-2/h4,6-7,14,26H,3,5,8-11H2,1-2H3,(H,21,22)/t14-/m0/s1. The second-order valence-electron chi connectivity index (χ2n) is 6.57. The third kappa shape index (κ3) is 6.48.